The fourth-order valence-corrected chi connectivity index (χ4v) is 4.63. The summed E-state index contributed by atoms with van der Waals surface area (Å²) in [4.78, 5) is 23.5. The molecule has 0 saturated carbocycles. The zero-order chi connectivity index (χ0) is 20.0. The van der Waals surface area contributed by atoms with Crippen molar-refractivity contribution in [2.45, 2.75) is 0 Å². The highest BCUT2D eigenvalue weighted by Gasteiger charge is 2.17. The van der Waals surface area contributed by atoms with Gasteiger partial charge in [0, 0.05) is 50.7 Å². The SMILES string of the molecule is CNC(=O)c1cc2sc3nc(-c4ccc(N5CCNCC5)cc4F)cn3c2cn1. The lowest BCUT2D eigenvalue weighted by atomic mass is 10.1. The standard InChI is InChI=1S/C20H19FN6OS/c1-22-19(28)15-9-18-17(10-24-15)27-11-16(25-20(27)29-18)13-3-2-12(8-14(13)21)26-6-4-23-5-7-26/h2-3,8-11,23H,4-7H2,1H3,(H,22,28). The van der Waals surface area contributed by atoms with Crippen LogP contribution in [0.25, 0.3) is 26.4 Å². The minimum absolute atomic E-state index is 0.231. The molecule has 0 aliphatic carbocycles. The Morgan fingerprint density at radius 3 is 2.86 bits per heavy atom. The average molecular weight is 410 g/mol. The summed E-state index contributed by atoms with van der Waals surface area (Å²) < 4.78 is 17.7. The molecule has 1 aliphatic heterocycles. The number of amides is 1. The van der Waals surface area contributed by atoms with E-state index >= 15 is 0 Å². The fraction of sp³-hybridized carbons (Fsp3) is 0.250. The lowest BCUT2D eigenvalue weighted by Gasteiger charge is -2.29. The van der Waals surface area contributed by atoms with E-state index in [0.717, 1.165) is 47.0 Å². The molecule has 0 spiro atoms. The average Bonchev–Trinajstić information content (AvgIpc) is 3.31. The summed E-state index contributed by atoms with van der Waals surface area (Å²) in [5.74, 6) is -0.513. The molecule has 1 saturated heterocycles. The molecule has 1 aromatic carbocycles. The lowest BCUT2D eigenvalue weighted by molar-refractivity contribution is 0.0958. The Bertz CT molecular complexity index is 1230. The number of carbonyl (C=O) groups is 1. The predicted octanol–water partition coefficient (Wildman–Crippen LogP) is 2.52. The maximum atomic E-state index is 14.9. The van der Waals surface area contributed by atoms with Crippen LogP contribution in [0.15, 0.2) is 36.7 Å². The summed E-state index contributed by atoms with van der Waals surface area (Å²) in [7, 11) is 1.57. The Kier molecular flexibility index (Phi) is 4.40. The fourth-order valence-electron chi connectivity index (χ4n) is 3.61. The van der Waals surface area contributed by atoms with E-state index in [2.05, 4.69) is 25.5 Å². The van der Waals surface area contributed by atoms with Crippen LogP contribution in [0.2, 0.25) is 0 Å². The summed E-state index contributed by atoms with van der Waals surface area (Å²) >= 11 is 1.45. The van der Waals surface area contributed by atoms with Crippen LogP contribution in [0.4, 0.5) is 10.1 Å². The van der Waals surface area contributed by atoms with Crippen LogP contribution in [0, 0.1) is 5.82 Å². The van der Waals surface area contributed by atoms with Crippen molar-refractivity contribution in [1.82, 2.24) is 25.0 Å². The number of aromatic nitrogens is 3. The zero-order valence-corrected chi connectivity index (χ0v) is 16.6. The number of halogens is 1. The predicted molar refractivity (Wildman–Crippen MR) is 112 cm³/mol. The minimum atomic E-state index is -0.281. The molecule has 1 amide bonds. The molecular formula is C20H19FN6OS. The molecule has 29 heavy (non-hydrogen) atoms. The van der Waals surface area contributed by atoms with Gasteiger partial charge in [-0.1, -0.05) is 11.3 Å². The first-order valence-electron chi connectivity index (χ1n) is 9.39. The van der Waals surface area contributed by atoms with E-state index < -0.39 is 0 Å². The number of rotatable bonds is 3. The van der Waals surface area contributed by atoms with Crippen LogP contribution in [-0.4, -0.2) is 53.5 Å². The van der Waals surface area contributed by atoms with Gasteiger partial charge in [0.15, 0.2) is 4.96 Å². The molecule has 148 valence electrons. The number of benzene rings is 1. The molecule has 0 atom stereocenters. The molecule has 4 aromatic rings. The quantitative estimate of drug-likeness (QED) is 0.543. The monoisotopic (exact) mass is 410 g/mol. The van der Waals surface area contributed by atoms with Crippen molar-refractivity contribution in [1.29, 1.82) is 0 Å². The number of hydrogen-bond donors (Lipinski definition) is 2. The van der Waals surface area contributed by atoms with Gasteiger partial charge in [0.05, 0.1) is 22.1 Å². The van der Waals surface area contributed by atoms with Crippen LogP contribution in [0.5, 0.6) is 0 Å². The van der Waals surface area contributed by atoms with Crippen molar-refractivity contribution in [3.63, 3.8) is 0 Å². The van der Waals surface area contributed by atoms with Crippen LogP contribution in [0.3, 0.4) is 0 Å². The van der Waals surface area contributed by atoms with Gasteiger partial charge in [0.2, 0.25) is 0 Å². The molecule has 4 heterocycles. The molecule has 0 radical (unpaired) electrons. The van der Waals surface area contributed by atoms with E-state index in [-0.39, 0.29) is 11.7 Å². The number of fused-ring (bicyclic) bond motifs is 3. The molecule has 7 nitrogen and oxygen atoms in total. The molecule has 1 aliphatic rings. The molecule has 9 heteroatoms. The van der Waals surface area contributed by atoms with Gasteiger partial charge >= 0.3 is 0 Å². The number of imidazole rings is 1. The number of anilines is 1. The number of nitrogens with one attached hydrogen (secondary N) is 2. The lowest BCUT2D eigenvalue weighted by Crippen LogP contribution is -2.43. The van der Waals surface area contributed by atoms with Crippen molar-refractivity contribution in [2.24, 2.45) is 0 Å². The summed E-state index contributed by atoms with van der Waals surface area (Å²) in [5.41, 5.74) is 3.15. The van der Waals surface area contributed by atoms with Gasteiger partial charge in [-0.25, -0.2) is 14.4 Å². The van der Waals surface area contributed by atoms with Gasteiger partial charge in [-0.05, 0) is 24.3 Å². The van der Waals surface area contributed by atoms with E-state index in [1.54, 1.807) is 31.4 Å². The maximum Gasteiger partial charge on any atom is 0.269 e. The number of piperazine rings is 1. The maximum absolute atomic E-state index is 14.9. The van der Waals surface area contributed by atoms with E-state index in [1.807, 2.05) is 16.7 Å². The second kappa shape index (κ2) is 7.09. The molecule has 0 unspecified atom stereocenters. The summed E-state index contributed by atoms with van der Waals surface area (Å²) in [6, 6.07) is 7.08. The van der Waals surface area contributed by atoms with E-state index in [4.69, 9.17) is 0 Å². The second-order valence-corrected chi connectivity index (χ2v) is 7.91. The van der Waals surface area contributed by atoms with Crippen molar-refractivity contribution in [2.75, 3.05) is 38.1 Å². The van der Waals surface area contributed by atoms with Gasteiger partial charge in [0.25, 0.3) is 5.91 Å². The van der Waals surface area contributed by atoms with Gasteiger partial charge < -0.3 is 15.5 Å². The van der Waals surface area contributed by atoms with Gasteiger partial charge in [-0.2, -0.15) is 0 Å². The smallest absolute Gasteiger partial charge is 0.269 e. The van der Waals surface area contributed by atoms with Crippen LogP contribution < -0.4 is 15.5 Å². The van der Waals surface area contributed by atoms with E-state index in [9.17, 15) is 9.18 Å². The van der Waals surface area contributed by atoms with Crippen molar-refractivity contribution in [3.05, 3.63) is 48.2 Å². The van der Waals surface area contributed by atoms with E-state index in [1.165, 1.54) is 11.3 Å². The summed E-state index contributed by atoms with van der Waals surface area (Å²) in [5, 5.41) is 5.87. The molecular weight excluding hydrogens is 391 g/mol. The zero-order valence-electron chi connectivity index (χ0n) is 15.8. The van der Waals surface area contributed by atoms with Crippen molar-refractivity contribution >= 4 is 38.1 Å². The van der Waals surface area contributed by atoms with Crippen LogP contribution >= 0.6 is 11.3 Å². The van der Waals surface area contributed by atoms with Gasteiger partial charge in [-0.3, -0.25) is 9.20 Å². The Morgan fingerprint density at radius 1 is 1.28 bits per heavy atom. The topological polar surface area (TPSA) is 74.6 Å². The number of nitrogens with zero attached hydrogens (tertiary/aromatic N) is 4. The highest BCUT2D eigenvalue weighted by Crippen LogP contribution is 2.31. The van der Waals surface area contributed by atoms with E-state index in [0.29, 0.717) is 17.0 Å². The van der Waals surface area contributed by atoms with Crippen LogP contribution in [-0.2, 0) is 0 Å². The normalized spacial score (nSPS) is 14.6. The first-order chi connectivity index (χ1) is 14.1. The first-order valence-corrected chi connectivity index (χ1v) is 10.2. The van der Waals surface area contributed by atoms with Crippen LogP contribution in [0.1, 0.15) is 10.5 Å². The Balaban J connectivity index is 1.51. The van der Waals surface area contributed by atoms with Crippen molar-refractivity contribution in [3.8, 4) is 11.3 Å². The third kappa shape index (κ3) is 3.12. The number of hydrogen-bond acceptors (Lipinski definition) is 6. The molecule has 2 N–H and O–H groups in total. The highest BCUT2D eigenvalue weighted by atomic mass is 32.1. The number of carbonyl (C=O) groups excluding carboxylic acids is 1. The second-order valence-electron chi connectivity index (χ2n) is 6.90. The van der Waals surface area contributed by atoms with Crippen molar-refractivity contribution < 1.29 is 9.18 Å². The number of thiazole rings is 1. The summed E-state index contributed by atoms with van der Waals surface area (Å²) in [6.07, 6.45) is 3.47. The third-order valence-corrected chi connectivity index (χ3v) is 6.17. The third-order valence-electron chi connectivity index (χ3n) is 5.15. The molecule has 3 aromatic heterocycles. The Morgan fingerprint density at radius 2 is 2.10 bits per heavy atom. The molecule has 1 fully saturated rings. The Hall–Kier alpha value is -3.04. The largest absolute Gasteiger partial charge is 0.369 e. The highest BCUT2D eigenvalue weighted by molar-refractivity contribution is 7.23. The molecule has 5 rings (SSSR count). The minimum Gasteiger partial charge on any atom is -0.369 e. The Labute approximate surface area is 170 Å². The first kappa shape index (κ1) is 18.0. The molecule has 0 bridgehead atoms. The number of pyridine rings is 1. The van der Waals surface area contributed by atoms with Gasteiger partial charge in [0.1, 0.15) is 11.5 Å². The summed E-state index contributed by atoms with van der Waals surface area (Å²) in [6.45, 7) is 3.55. The van der Waals surface area contributed by atoms with Gasteiger partial charge in [-0.15, -0.1) is 0 Å².